The maximum absolute atomic E-state index is 6.33. The topological polar surface area (TPSA) is 40.7 Å². The molecule has 27 heavy (non-hydrogen) atoms. The van der Waals surface area contributed by atoms with E-state index in [0.717, 1.165) is 57.5 Å². The summed E-state index contributed by atoms with van der Waals surface area (Å²) >= 11 is 0. The molecule has 1 saturated carbocycles. The summed E-state index contributed by atoms with van der Waals surface area (Å²) in [5, 5.41) is 1.25. The second-order valence-electron chi connectivity index (χ2n) is 8.37. The fraction of sp³-hybridized carbons (Fsp3) is 0.636. The average molecular weight is 370 g/mol. The number of piperidine rings is 1. The van der Waals surface area contributed by atoms with Crippen LogP contribution in [0.2, 0.25) is 0 Å². The van der Waals surface area contributed by atoms with E-state index in [1.165, 1.54) is 48.9 Å². The molecule has 1 aliphatic carbocycles. The summed E-state index contributed by atoms with van der Waals surface area (Å²) in [5.74, 6) is 1.02. The van der Waals surface area contributed by atoms with E-state index in [1.54, 1.807) is 0 Å². The van der Waals surface area contributed by atoms with E-state index in [2.05, 4.69) is 39.0 Å². The molecule has 5 heteroatoms. The molecule has 0 atom stereocenters. The molecule has 5 nitrogen and oxygen atoms in total. The highest BCUT2D eigenvalue weighted by atomic mass is 16.5. The van der Waals surface area contributed by atoms with Crippen molar-refractivity contribution >= 4 is 10.9 Å². The van der Waals surface area contributed by atoms with E-state index in [0.29, 0.717) is 6.10 Å². The molecule has 0 spiro atoms. The Bertz CT molecular complexity index is 756. The zero-order chi connectivity index (χ0) is 18.1. The number of ether oxygens (including phenoxy) is 2. The first-order valence-electron chi connectivity index (χ1n) is 10.7. The summed E-state index contributed by atoms with van der Waals surface area (Å²) in [7, 11) is 0. The Balaban J connectivity index is 1.19. The lowest BCUT2D eigenvalue weighted by molar-refractivity contribution is 0.0337. The summed E-state index contributed by atoms with van der Waals surface area (Å²) in [4.78, 5) is 8.68. The Morgan fingerprint density at radius 1 is 1.00 bits per heavy atom. The molecule has 146 valence electrons. The number of nitrogens with zero attached hydrogens (tertiary/aromatic N) is 2. The van der Waals surface area contributed by atoms with E-state index < -0.39 is 0 Å². The van der Waals surface area contributed by atoms with Gasteiger partial charge >= 0.3 is 0 Å². The molecule has 0 radical (unpaired) electrons. The van der Waals surface area contributed by atoms with Crippen LogP contribution in [-0.4, -0.2) is 66.3 Å². The van der Waals surface area contributed by atoms with Gasteiger partial charge in [-0.25, -0.2) is 0 Å². The van der Waals surface area contributed by atoms with Crippen LogP contribution in [0.15, 0.2) is 24.3 Å². The molecule has 1 N–H and O–H groups in total. The van der Waals surface area contributed by atoms with E-state index in [-0.39, 0.29) is 0 Å². The number of fused-ring (bicyclic) bond motifs is 1. The van der Waals surface area contributed by atoms with Gasteiger partial charge in [0.25, 0.3) is 0 Å². The fourth-order valence-electron chi connectivity index (χ4n) is 4.63. The Labute approximate surface area is 161 Å². The lowest BCUT2D eigenvalue weighted by Crippen LogP contribution is -2.46. The van der Waals surface area contributed by atoms with E-state index in [1.807, 2.05) is 0 Å². The Morgan fingerprint density at radius 3 is 2.56 bits per heavy atom. The molecule has 1 aromatic carbocycles. The number of H-pyrrole nitrogens is 1. The van der Waals surface area contributed by atoms with Crippen LogP contribution < -0.4 is 4.74 Å². The molecule has 3 fully saturated rings. The molecule has 3 heterocycles. The first-order chi connectivity index (χ1) is 13.3. The molecule has 0 unspecified atom stereocenters. The van der Waals surface area contributed by atoms with Crippen LogP contribution in [0.3, 0.4) is 0 Å². The van der Waals surface area contributed by atoms with Crippen LogP contribution in [0.25, 0.3) is 10.9 Å². The van der Waals surface area contributed by atoms with Crippen molar-refractivity contribution in [3.63, 3.8) is 0 Å². The SMILES string of the molecule is c1cc2[nH]c(CN3CCOCC3)cc2cc1OC1CCN(C2CCC2)CC1. The molecule has 0 amide bonds. The third-order valence-corrected chi connectivity index (χ3v) is 6.52. The quantitative estimate of drug-likeness (QED) is 0.877. The van der Waals surface area contributed by atoms with E-state index >= 15 is 0 Å². The maximum Gasteiger partial charge on any atom is 0.120 e. The van der Waals surface area contributed by atoms with E-state index in [9.17, 15) is 0 Å². The van der Waals surface area contributed by atoms with Gasteiger partial charge in [0, 0.05) is 55.4 Å². The van der Waals surface area contributed by atoms with Gasteiger partial charge in [-0.15, -0.1) is 0 Å². The third kappa shape index (κ3) is 4.00. The van der Waals surface area contributed by atoms with Gasteiger partial charge in [0.2, 0.25) is 0 Å². The zero-order valence-electron chi connectivity index (χ0n) is 16.2. The summed E-state index contributed by atoms with van der Waals surface area (Å²) in [6.07, 6.45) is 6.91. The molecule has 2 aliphatic heterocycles. The van der Waals surface area contributed by atoms with E-state index in [4.69, 9.17) is 9.47 Å². The standard InChI is InChI=1S/C22H31N3O2/c1-2-19(3-1)25-8-6-20(7-9-25)27-21-4-5-22-17(15-21)14-18(23-22)16-24-10-12-26-13-11-24/h4-5,14-15,19-20,23H,1-3,6-13,16H2. The molecule has 2 aromatic rings. The Morgan fingerprint density at radius 2 is 1.81 bits per heavy atom. The van der Waals surface area contributed by atoms with Crippen molar-refractivity contribution in [1.82, 2.24) is 14.8 Å². The Kier molecular flexibility index (Phi) is 5.08. The lowest BCUT2D eigenvalue weighted by Gasteiger charge is -2.41. The van der Waals surface area contributed by atoms with Crippen LogP contribution in [-0.2, 0) is 11.3 Å². The summed E-state index contributed by atoms with van der Waals surface area (Å²) in [5.41, 5.74) is 2.48. The number of hydrogen-bond acceptors (Lipinski definition) is 4. The predicted molar refractivity (Wildman–Crippen MR) is 107 cm³/mol. The van der Waals surface area contributed by atoms with Crippen molar-refractivity contribution in [2.24, 2.45) is 0 Å². The number of aromatic nitrogens is 1. The normalized spacial score (nSPS) is 23.6. The number of benzene rings is 1. The first-order valence-corrected chi connectivity index (χ1v) is 10.7. The van der Waals surface area contributed by atoms with Crippen molar-refractivity contribution in [3.8, 4) is 5.75 Å². The molecule has 0 bridgehead atoms. The predicted octanol–water partition coefficient (Wildman–Crippen LogP) is 3.40. The highest BCUT2D eigenvalue weighted by molar-refractivity contribution is 5.81. The summed E-state index contributed by atoms with van der Waals surface area (Å²) in [6.45, 7) is 7.09. The molecule has 2 saturated heterocycles. The summed E-state index contributed by atoms with van der Waals surface area (Å²) < 4.78 is 11.8. The molecule has 3 aliphatic rings. The van der Waals surface area contributed by atoms with Gasteiger partial charge < -0.3 is 19.4 Å². The van der Waals surface area contributed by atoms with Crippen molar-refractivity contribution in [2.75, 3.05) is 39.4 Å². The second-order valence-corrected chi connectivity index (χ2v) is 8.37. The number of nitrogens with one attached hydrogen (secondary N) is 1. The third-order valence-electron chi connectivity index (χ3n) is 6.52. The number of aromatic amines is 1. The van der Waals surface area contributed by atoms with Gasteiger partial charge in [-0.3, -0.25) is 4.90 Å². The smallest absolute Gasteiger partial charge is 0.120 e. The second kappa shape index (κ2) is 7.82. The van der Waals surface area contributed by atoms with Crippen molar-refractivity contribution in [2.45, 2.75) is 50.8 Å². The zero-order valence-corrected chi connectivity index (χ0v) is 16.2. The van der Waals surface area contributed by atoms with Crippen LogP contribution >= 0.6 is 0 Å². The van der Waals surface area contributed by atoms with Crippen molar-refractivity contribution in [3.05, 3.63) is 30.0 Å². The largest absolute Gasteiger partial charge is 0.490 e. The maximum atomic E-state index is 6.33. The number of likely N-dealkylation sites (tertiary alicyclic amines) is 1. The highest BCUT2D eigenvalue weighted by Crippen LogP contribution is 2.29. The summed E-state index contributed by atoms with van der Waals surface area (Å²) in [6, 6.07) is 9.63. The molecular formula is C22H31N3O2. The first kappa shape index (κ1) is 17.5. The van der Waals surface area contributed by atoms with Gasteiger partial charge in [0.05, 0.1) is 13.2 Å². The van der Waals surface area contributed by atoms with Crippen LogP contribution in [0.1, 0.15) is 37.8 Å². The van der Waals surface area contributed by atoms with Crippen LogP contribution in [0.4, 0.5) is 0 Å². The number of morpholine rings is 1. The van der Waals surface area contributed by atoms with Crippen molar-refractivity contribution in [1.29, 1.82) is 0 Å². The van der Waals surface area contributed by atoms with Crippen LogP contribution in [0.5, 0.6) is 5.75 Å². The van der Waals surface area contributed by atoms with Crippen molar-refractivity contribution < 1.29 is 9.47 Å². The van der Waals surface area contributed by atoms with Crippen LogP contribution in [0, 0.1) is 0 Å². The van der Waals surface area contributed by atoms with Gasteiger partial charge in [0.15, 0.2) is 0 Å². The average Bonchev–Trinajstić information content (AvgIpc) is 3.04. The highest BCUT2D eigenvalue weighted by Gasteiger charge is 2.29. The van der Waals surface area contributed by atoms with Gasteiger partial charge in [-0.2, -0.15) is 0 Å². The molecule has 5 rings (SSSR count). The van der Waals surface area contributed by atoms with Gasteiger partial charge in [-0.05, 0) is 49.9 Å². The minimum Gasteiger partial charge on any atom is -0.490 e. The van der Waals surface area contributed by atoms with Gasteiger partial charge in [0.1, 0.15) is 11.9 Å². The Hall–Kier alpha value is -1.56. The number of rotatable bonds is 5. The lowest BCUT2D eigenvalue weighted by atomic mass is 9.90. The minimum absolute atomic E-state index is 0.366. The monoisotopic (exact) mass is 369 g/mol. The van der Waals surface area contributed by atoms with Gasteiger partial charge in [-0.1, -0.05) is 6.42 Å². The fourth-order valence-corrected chi connectivity index (χ4v) is 4.63. The molecular weight excluding hydrogens is 338 g/mol. The number of hydrogen-bond donors (Lipinski definition) is 1. The minimum atomic E-state index is 0.366. The molecule has 1 aromatic heterocycles.